The Morgan fingerprint density at radius 2 is 1.24 bits per heavy atom. The summed E-state index contributed by atoms with van der Waals surface area (Å²) in [6.07, 6.45) is -2.56. The van der Waals surface area contributed by atoms with Crippen LogP contribution >= 0.6 is 0 Å². The number of Topliss-reactive ketones (excluding diaryl/α,β-unsaturated/α-hetero) is 5. The maximum atomic E-state index is 14.3. The molecule has 0 aromatic rings. The van der Waals surface area contributed by atoms with Crippen LogP contribution in [0.4, 0.5) is 0 Å². The van der Waals surface area contributed by atoms with Gasteiger partial charge in [-0.2, -0.15) is 5.10 Å². The van der Waals surface area contributed by atoms with Crippen LogP contribution in [0.5, 0.6) is 0 Å². The average molecular weight is 783 g/mol. The van der Waals surface area contributed by atoms with Gasteiger partial charge in [-0.15, -0.1) is 5.01 Å². The van der Waals surface area contributed by atoms with Crippen molar-refractivity contribution in [1.82, 2.24) is 15.0 Å². The molecule has 2 atom stereocenters. The molecule has 2 aliphatic rings. The molecule has 0 radical (unpaired) electrons. The Balaban J connectivity index is 2.70. The third-order valence-electron chi connectivity index (χ3n) is 7.36. The zero-order valence-corrected chi connectivity index (χ0v) is 33.6. The van der Waals surface area contributed by atoms with Crippen molar-refractivity contribution < 1.29 is 72.3 Å². The Kier molecular flexibility index (Phi) is 14.2. The van der Waals surface area contributed by atoms with Gasteiger partial charge in [-0.3, -0.25) is 29.0 Å². The van der Waals surface area contributed by atoms with E-state index in [0.717, 1.165) is 10.0 Å². The van der Waals surface area contributed by atoms with Gasteiger partial charge >= 0.3 is 29.7 Å². The van der Waals surface area contributed by atoms with E-state index in [9.17, 15) is 53.4 Å². The molecular formula is C36H54N4O15. The Hall–Kier alpha value is -4.46. The van der Waals surface area contributed by atoms with Gasteiger partial charge in [0.25, 0.3) is 11.4 Å². The number of hydrogen-bond acceptors (Lipinski definition) is 19. The Labute approximate surface area is 319 Å². The van der Waals surface area contributed by atoms with Crippen molar-refractivity contribution in [1.29, 1.82) is 0 Å². The molecule has 0 amide bonds. The Morgan fingerprint density at radius 1 is 0.709 bits per heavy atom. The molecule has 2 aliphatic heterocycles. The molecule has 0 aliphatic carbocycles. The predicted octanol–water partition coefficient (Wildman–Crippen LogP) is 0.341. The van der Waals surface area contributed by atoms with Crippen molar-refractivity contribution in [3.8, 4) is 0 Å². The number of carbonyl (C=O) groups is 9. The van der Waals surface area contributed by atoms with E-state index in [2.05, 4.69) is 5.10 Å². The Morgan fingerprint density at radius 3 is 1.75 bits per heavy atom. The van der Waals surface area contributed by atoms with Gasteiger partial charge in [0, 0.05) is 51.9 Å². The molecule has 0 aromatic heterocycles. The molecular weight excluding hydrogens is 728 g/mol. The van der Waals surface area contributed by atoms with Crippen molar-refractivity contribution in [2.45, 2.75) is 143 Å². The molecule has 1 saturated heterocycles. The number of ketones is 5. The van der Waals surface area contributed by atoms with Crippen LogP contribution in [0, 0.1) is 0 Å². The van der Waals surface area contributed by atoms with Crippen molar-refractivity contribution in [2.75, 3.05) is 26.2 Å². The van der Waals surface area contributed by atoms with Gasteiger partial charge in [-0.25, -0.2) is 24.2 Å². The fourth-order valence-corrected chi connectivity index (χ4v) is 5.12. The molecule has 2 unspecified atom stereocenters. The molecule has 0 bridgehead atoms. The molecule has 0 saturated carbocycles. The van der Waals surface area contributed by atoms with Gasteiger partial charge < -0.3 is 29.2 Å². The molecule has 1 fully saturated rings. The summed E-state index contributed by atoms with van der Waals surface area (Å²) >= 11 is 0. The highest BCUT2D eigenvalue weighted by Crippen LogP contribution is 2.36. The number of nitrogens with zero attached hydrogens (tertiary/aromatic N) is 4. The molecule has 2 N–H and O–H groups in total. The summed E-state index contributed by atoms with van der Waals surface area (Å²) in [5.74, 6) is -12.2. The third-order valence-corrected chi connectivity index (χ3v) is 7.36. The number of hydrazine groups is 1. The highest BCUT2D eigenvalue weighted by Gasteiger charge is 2.68. The van der Waals surface area contributed by atoms with E-state index in [1.165, 1.54) is 62.3 Å². The zero-order valence-electron chi connectivity index (χ0n) is 33.6. The summed E-state index contributed by atoms with van der Waals surface area (Å²) in [6.45, 7) is 15.6. The van der Waals surface area contributed by atoms with Crippen molar-refractivity contribution in [2.24, 2.45) is 5.10 Å². The molecule has 2 rings (SSSR count). The van der Waals surface area contributed by atoms with Crippen LogP contribution in [0.1, 0.15) is 109 Å². The van der Waals surface area contributed by atoms with Gasteiger partial charge in [0.05, 0.1) is 0 Å². The molecule has 0 aromatic carbocycles. The largest absolute Gasteiger partial charge is 0.456 e. The second kappa shape index (κ2) is 16.7. The maximum Gasteiger partial charge on any atom is 0.383 e. The highest BCUT2D eigenvalue weighted by molar-refractivity contribution is 6.64. The van der Waals surface area contributed by atoms with E-state index in [1.807, 2.05) is 0 Å². The predicted molar refractivity (Wildman–Crippen MR) is 189 cm³/mol. The molecule has 55 heavy (non-hydrogen) atoms. The number of carbonyl (C=O) groups excluding carboxylic acids is 9. The highest BCUT2D eigenvalue weighted by atomic mass is 16.6. The lowest BCUT2D eigenvalue weighted by molar-refractivity contribution is -0.303. The van der Waals surface area contributed by atoms with Gasteiger partial charge in [0.2, 0.25) is 11.5 Å². The SMILES string of the molecule is CC(C)(C)OC(=O)C(=O)C(=O)CCN1CCC(=O)C(O)(C(=O)OC(C)(C)C)N1C(O)(C(=O)CCN1CCC(=O)C(C(=O)OC(C)(C)C)=N1)C(=O)OC(C)(C)C. The first kappa shape index (κ1) is 46.7. The van der Waals surface area contributed by atoms with Crippen molar-refractivity contribution >= 4 is 58.5 Å². The minimum absolute atomic E-state index is 0.0800. The zero-order chi connectivity index (χ0) is 42.7. The van der Waals surface area contributed by atoms with Crippen LogP contribution in [0.3, 0.4) is 0 Å². The van der Waals surface area contributed by atoms with E-state index in [4.69, 9.17) is 18.9 Å². The summed E-state index contributed by atoms with van der Waals surface area (Å²) in [6, 6.07) is 0. The van der Waals surface area contributed by atoms with Gasteiger partial charge in [-0.1, -0.05) is 0 Å². The van der Waals surface area contributed by atoms with E-state index in [0.29, 0.717) is 0 Å². The number of aliphatic hydroxyl groups is 2. The topological polar surface area (TPSA) is 253 Å². The van der Waals surface area contributed by atoms with E-state index in [-0.39, 0.29) is 18.0 Å². The molecule has 19 nitrogen and oxygen atoms in total. The molecule has 0 spiro atoms. The second-order valence-corrected chi connectivity index (χ2v) is 17.0. The molecule has 308 valence electrons. The van der Waals surface area contributed by atoms with E-state index < -0.39 is 131 Å². The lowest BCUT2D eigenvalue weighted by Gasteiger charge is -2.52. The van der Waals surface area contributed by atoms with E-state index >= 15 is 0 Å². The van der Waals surface area contributed by atoms with Crippen LogP contribution < -0.4 is 0 Å². The minimum Gasteiger partial charge on any atom is -0.456 e. The lowest BCUT2D eigenvalue weighted by atomic mass is 9.94. The summed E-state index contributed by atoms with van der Waals surface area (Å²) in [5, 5.41) is 30.4. The fraction of sp³-hybridized carbons (Fsp3) is 0.722. The van der Waals surface area contributed by atoms with Gasteiger partial charge in [-0.05, 0) is 83.1 Å². The molecule has 2 heterocycles. The van der Waals surface area contributed by atoms with Crippen LogP contribution in [-0.4, -0.2) is 144 Å². The lowest BCUT2D eigenvalue weighted by Crippen LogP contribution is -2.80. The van der Waals surface area contributed by atoms with Crippen LogP contribution in [0.25, 0.3) is 0 Å². The monoisotopic (exact) mass is 782 g/mol. The normalized spacial score (nSPS) is 20.2. The summed E-state index contributed by atoms with van der Waals surface area (Å²) in [7, 11) is 0. The number of hydrazone groups is 1. The molecule has 19 heteroatoms. The third kappa shape index (κ3) is 12.3. The first-order valence-electron chi connectivity index (χ1n) is 17.7. The summed E-state index contributed by atoms with van der Waals surface area (Å²) in [5.41, 5.74) is -12.8. The maximum absolute atomic E-state index is 14.3. The summed E-state index contributed by atoms with van der Waals surface area (Å²) < 4.78 is 20.9. The average Bonchev–Trinajstić information content (AvgIpc) is 3.00. The fourth-order valence-electron chi connectivity index (χ4n) is 5.12. The van der Waals surface area contributed by atoms with Crippen LogP contribution in [-0.2, 0) is 62.1 Å². The van der Waals surface area contributed by atoms with Gasteiger partial charge in [0.15, 0.2) is 17.3 Å². The first-order valence-corrected chi connectivity index (χ1v) is 17.7. The number of hydrogen-bond donors (Lipinski definition) is 2. The number of rotatable bonds is 13. The van der Waals surface area contributed by atoms with Gasteiger partial charge in [0.1, 0.15) is 22.4 Å². The van der Waals surface area contributed by atoms with Crippen molar-refractivity contribution in [3.63, 3.8) is 0 Å². The quantitative estimate of drug-likeness (QED) is 0.111. The smallest absolute Gasteiger partial charge is 0.383 e. The first-order chi connectivity index (χ1) is 24.7. The minimum atomic E-state index is -3.73. The van der Waals surface area contributed by atoms with Crippen LogP contribution in [0.15, 0.2) is 5.10 Å². The Bertz CT molecular complexity index is 1630. The standard InChI is InChI=1S/C36H54N4O15/c1-31(2,3)52-27(46)25-21(41)13-17-38(37-25)18-15-23(43)35(50,29(48)54-33(7,8)9)40-36(51,30(49)55-34(10,11)12)24(44)16-20-39(40)19-14-22(42)26(45)28(47)53-32(4,5)6/h50-51H,13-20H2,1-12H3. The van der Waals surface area contributed by atoms with Crippen LogP contribution in [0.2, 0.25) is 0 Å². The van der Waals surface area contributed by atoms with Crippen molar-refractivity contribution in [3.05, 3.63) is 0 Å². The number of esters is 4. The van der Waals surface area contributed by atoms with E-state index in [1.54, 1.807) is 20.8 Å². The number of ether oxygens (including phenoxy) is 4. The summed E-state index contributed by atoms with van der Waals surface area (Å²) in [4.78, 5) is 119. The second-order valence-electron chi connectivity index (χ2n) is 17.0.